The Bertz CT molecular complexity index is 531. The molecule has 0 saturated carbocycles. The van der Waals surface area contributed by atoms with E-state index in [-0.39, 0.29) is 0 Å². The van der Waals surface area contributed by atoms with Crippen LogP contribution in [0.5, 0.6) is 5.75 Å². The number of aryl methyl sites for hydroxylation is 3. The summed E-state index contributed by atoms with van der Waals surface area (Å²) in [6.07, 6.45) is 0. The first-order valence-electron chi connectivity index (χ1n) is 6.66. The van der Waals surface area contributed by atoms with E-state index >= 15 is 0 Å². The summed E-state index contributed by atoms with van der Waals surface area (Å²) < 4.78 is 5.72. The normalized spacial score (nSPS) is 10.3. The van der Waals surface area contributed by atoms with E-state index in [1.165, 1.54) is 16.7 Å². The smallest absolute Gasteiger partial charge is 0.119 e. The maximum absolute atomic E-state index is 5.72. The van der Waals surface area contributed by atoms with E-state index < -0.39 is 0 Å². The lowest BCUT2D eigenvalue weighted by Crippen LogP contribution is -2.11. The van der Waals surface area contributed by atoms with Gasteiger partial charge in [-0.2, -0.15) is 0 Å². The average molecular weight is 255 g/mol. The van der Waals surface area contributed by atoms with Crippen LogP contribution in [0.1, 0.15) is 16.7 Å². The molecule has 0 heterocycles. The Balaban J connectivity index is 1.77. The summed E-state index contributed by atoms with van der Waals surface area (Å²) in [5.41, 5.74) is 4.97. The van der Waals surface area contributed by atoms with Gasteiger partial charge in [-0.1, -0.05) is 23.8 Å². The van der Waals surface area contributed by atoms with Crippen molar-refractivity contribution in [1.82, 2.24) is 0 Å². The van der Waals surface area contributed by atoms with Crippen LogP contribution < -0.4 is 10.1 Å². The number of benzene rings is 2. The molecule has 2 aromatic carbocycles. The van der Waals surface area contributed by atoms with Crippen LogP contribution in [-0.2, 0) is 0 Å². The van der Waals surface area contributed by atoms with Crippen molar-refractivity contribution >= 4 is 5.69 Å². The second-order valence-electron chi connectivity index (χ2n) is 4.89. The standard InChI is InChI=1S/C17H21NO/c1-13-4-7-16(8-5-13)18-10-11-19-17-9-6-14(2)15(3)12-17/h4-9,12,18H,10-11H2,1-3H3. The molecule has 0 spiro atoms. The van der Waals surface area contributed by atoms with E-state index in [9.17, 15) is 0 Å². The van der Waals surface area contributed by atoms with Crippen LogP contribution in [-0.4, -0.2) is 13.2 Å². The van der Waals surface area contributed by atoms with E-state index in [1.54, 1.807) is 0 Å². The van der Waals surface area contributed by atoms with Crippen LogP contribution in [0.4, 0.5) is 5.69 Å². The summed E-state index contributed by atoms with van der Waals surface area (Å²) in [6.45, 7) is 7.77. The number of hydrogen-bond acceptors (Lipinski definition) is 2. The first-order valence-corrected chi connectivity index (χ1v) is 6.66. The lowest BCUT2D eigenvalue weighted by atomic mass is 10.1. The van der Waals surface area contributed by atoms with Gasteiger partial charge in [0.15, 0.2) is 0 Å². The largest absolute Gasteiger partial charge is 0.492 e. The van der Waals surface area contributed by atoms with Crippen LogP contribution in [0.3, 0.4) is 0 Å². The molecule has 100 valence electrons. The van der Waals surface area contributed by atoms with Gasteiger partial charge in [0.2, 0.25) is 0 Å². The fraction of sp³-hybridized carbons (Fsp3) is 0.294. The van der Waals surface area contributed by atoms with Crippen molar-refractivity contribution in [3.05, 3.63) is 59.2 Å². The minimum absolute atomic E-state index is 0.663. The lowest BCUT2D eigenvalue weighted by molar-refractivity contribution is 0.332. The fourth-order valence-corrected chi connectivity index (χ4v) is 1.84. The van der Waals surface area contributed by atoms with E-state index in [4.69, 9.17) is 4.74 Å². The monoisotopic (exact) mass is 255 g/mol. The molecule has 2 aromatic rings. The predicted octanol–water partition coefficient (Wildman–Crippen LogP) is 4.10. The van der Waals surface area contributed by atoms with Gasteiger partial charge in [-0.05, 0) is 56.2 Å². The molecule has 0 aliphatic rings. The van der Waals surface area contributed by atoms with Gasteiger partial charge >= 0.3 is 0 Å². The van der Waals surface area contributed by atoms with Gasteiger partial charge in [-0.3, -0.25) is 0 Å². The number of hydrogen-bond donors (Lipinski definition) is 1. The highest BCUT2D eigenvalue weighted by Crippen LogP contribution is 2.16. The minimum atomic E-state index is 0.663. The highest BCUT2D eigenvalue weighted by Gasteiger charge is 1.97. The van der Waals surface area contributed by atoms with Crippen LogP contribution >= 0.6 is 0 Å². The third kappa shape index (κ3) is 4.02. The number of rotatable bonds is 5. The highest BCUT2D eigenvalue weighted by molar-refractivity contribution is 5.44. The quantitative estimate of drug-likeness (QED) is 0.812. The van der Waals surface area contributed by atoms with E-state index in [0.717, 1.165) is 18.0 Å². The summed E-state index contributed by atoms with van der Waals surface area (Å²) >= 11 is 0. The SMILES string of the molecule is Cc1ccc(NCCOc2ccc(C)c(C)c2)cc1. The molecule has 0 atom stereocenters. The average Bonchev–Trinajstić information content (AvgIpc) is 2.41. The molecule has 0 unspecified atom stereocenters. The second-order valence-corrected chi connectivity index (χ2v) is 4.89. The fourth-order valence-electron chi connectivity index (χ4n) is 1.84. The topological polar surface area (TPSA) is 21.3 Å². The molecule has 0 amide bonds. The van der Waals surface area contributed by atoms with Gasteiger partial charge < -0.3 is 10.1 Å². The zero-order valence-electron chi connectivity index (χ0n) is 11.9. The van der Waals surface area contributed by atoms with Crippen molar-refractivity contribution in [1.29, 1.82) is 0 Å². The maximum atomic E-state index is 5.72. The summed E-state index contributed by atoms with van der Waals surface area (Å²) in [6, 6.07) is 14.6. The molecule has 0 saturated heterocycles. The van der Waals surface area contributed by atoms with Crippen LogP contribution in [0.25, 0.3) is 0 Å². The molecular weight excluding hydrogens is 234 g/mol. The van der Waals surface area contributed by atoms with Gasteiger partial charge in [0.25, 0.3) is 0 Å². The van der Waals surface area contributed by atoms with Crippen molar-refractivity contribution < 1.29 is 4.74 Å². The van der Waals surface area contributed by atoms with Crippen LogP contribution in [0.15, 0.2) is 42.5 Å². The van der Waals surface area contributed by atoms with E-state index in [1.807, 2.05) is 6.07 Å². The molecule has 2 heteroatoms. The maximum Gasteiger partial charge on any atom is 0.119 e. The molecule has 2 rings (SSSR count). The van der Waals surface area contributed by atoms with Crippen molar-refractivity contribution in [2.45, 2.75) is 20.8 Å². The molecule has 0 aliphatic heterocycles. The van der Waals surface area contributed by atoms with Crippen LogP contribution in [0.2, 0.25) is 0 Å². The summed E-state index contributed by atoms with van der Waals surface area (Å²) in [5.74, 6) is 0.939. The molecule has 0 fully saturated rings. The molecule has 0 bridgehead atoms. The van der Waals surface area contributed by atoms with E-state index in [0.29, 0.717) is 6.61 Å². The van der Waals surface area contributed by atoms with Gasteiger partial charge in [-0.15, -0.1) is 0 Å². The van der Waals surface area contributed by atoms with Crippen molar-refractivity contribution in [3.8, 4) is 5.75 Å². The van der Waals surface area contributed by atoms with E-state index in [2.05, 4.69) is 62.5 Å². The Morgan fingerprint density at radius 1 is 0.895 bits per heavy atom. The Labute approximate surface area is 115 Å². The number of ether oxygens (including phenoxy) is 1. The Kier molecular flexibility index (Phi) is 4.45. The Morgan fingerprint density at radius 2 is 1.63 bits per heavy atom. The lowest BCUT2D eigenvalue weighted by Gasteiger charge is -2.10. The van der Waals surface area contributed by atoms with Gasteiger partial charge in [0, 0.05) is 12.2 Å². The number of nitrogens with one attached hydrogen (secondary N) is 1. The minimum Gasteiger partial charge on any atom is -0.492 e. The van der Waals surface area contributed by atoms with Crippen molar-refractivity contribution in [2.24, 2.45) is 0 Å². The predicted molar refractivity (Wildman–Crippen MR) is 81.1 cm³/mol. The van der Waals surface area contributed by atoms with Crippen molar-refractivity contribution in [2.75, 3.05) is 18.5 Å². The van der Waals surface area contributed by atoms with Gasteiger partial charge in [-0.25, -0.2) is 0 Å². The number of anilines is 1. The third-order valence-corrected chi connectivity index (χ3v) is 3.23. The molecule has 1 N–H and O–H groups in total. The van der Waals surface area contributed by atoms with Crippen LogP contribution in [0, 0.1) is 20.8 Å². The zero-order valence-corrected chi connectivity index (χ0v) is 11.9. The third-order valence-electron chi connectivity index (χ3n) is 3.23. The van der Waals surface area contributed by atoms with Crippen molar-refractivity contribution in [3.63, 3.8) is 0 Å². The molecule has 19 heavy (non-hydrogen) atoms. The van der Waals surface area contributed by atoms with Gasteiger partial charge in [0.05, 0.1) is 0 Å². The first kappa shape index (κ1) is 13.5. The molecule has 2 nitrogen and oxygen atoms in total. The summed E-state index contributed by atoms with van der Waals surface area (Å²) in [7, 11) is 0. The molecule has 0 aliphatic carbocycles. The second kappa shape index (κ2) is 6.28. The molecular formula is C17H21NO. The molecule has 0 aromatic heterocycles. The summed E-state index contributed by atoms with van der Waals surface area (Å²) in [5, 5.41) is 3.34. The Hall–Kier alpha value is -1.96. The van der Waals surface area contributed by atoms with Gasteiger partial charge in [0.1, 0.15) is 12.4 Å². The molecule has 0 radical (unpaired) electrons. The first-order chi connectivity index (χ1) is 9.15. The highest BCUT2D eigenvalue weighted by atomic mass is 16.5. The Morgan fingerprint density at radius 3 is 2.32 bits per heavy atom. The zero-order chi connectivity index (χ0) is 13.7. The summed E-state index contributed by atoms with van der Waals surface area (Å²) in [4.78, 5) is 0.